The molecule has 1 aromatic rings. The summed E-state index contributed by atoms with van der Waals surface area (Å²) < 4.78 is 11.0. The number of guanidine groups is 1. The fraction of sp³-hybridized carbons (Fsp3) is 0.667. The van der Waals surface area contributed by atoms with Crippen LogP contribution in [0, 0.1) is 0 Å². The van der Waals surface area contributed by atoms with Crippen molar-refractivity contribution in [2.45, 2.75) is 13.0 Å². The monoisotopic (exact) mass is 364 g/mol. The third-order valence-electron chi connectivity index (χ3n) is 4.08. The summed E-state index contributed by atoms with van der Waals surface area (Å²) in [5, 5.41) is 3.17. The second kappa shape index (κ2) is 11.7. The summed E-state index contributed by atoms with van der Waals surface area (Å²) >= 11 is 0. The van der Waals surface area contributed by atoms with Gasteiger partial charge in [0.25, 0.3) is 0 Å². The molecule has 0 aliphatic carbocycles. The summed E-state index contributed by atoms with van der Waals surface area (Å²) in [6.07, 6.45) is 2.77. The van der Waals surface area contributed by atoms with Gasteiger partial charge in [-0.2, -0.15) is 0 Å². The predicted octanol–water partition coefficient (Wildman–Crippen LogP) is 0.149. The first-order valence-electron chi connectivity index (χ1n) is 9.20. The van der Waals surface area contributed by atoms with Crippen molar-refractivity contribution in [1.82, 2.24) is 20.1 Å². The van der Waals surface area contributed by atoms with Crippen LogP contribution in [0.3, 0.4) is 0 Å². The Morgan fingerprint density at radius 1 is 1.42 bits per heavy atom. The Morgan fingerprint density at radius 2 is 2.23 bits per heavy atom. The molecule has 1 aliphatic rings. The van der Waals surface area contributed by atoms with E-state index in [1.807, 2.05) is 26.2 Å². The van der Waals surface area contributed by atoms with Crippen LogP contribution in [0.25, 0.3) is 0 Å². The number of nitrogens with one attached hydrogen (secondary N) is 1. The molecule has 0 unspecified atom stereocenters. The second-order valence-corrected chi connectivity index (χ2v) is 6.59. The molecule has 0 aromatic carbocycles. The van der Waals surface area contributed by atoms with Crippen LogP contribution >= 0.6 is 0 Å². The lowest BCUT2D eigenvalue weighted by Crippen LogP contribution is -2.39. The Morgan fingerprint density at radius 3 is 3.00 bits per heavy atom. The van der Waals surface area contributed by atoms with E-state index in [-0.39, 0.29) is 0 Å². The van der Waals surface area contributed by atoms with Crippen LogP contribution in [0.1, 0.15) is 12.0 Å². The van der Waals surface area contributed by atoms with Crippen molar-refractivity contribution in [3.63, 3.8) is 0 Å². The Labute approximate surface area is 156 Å². The van der Waals surface area contributed by atoms with E-state index in [0.717, 1.165) is 57.9 Å². The number of aromatic nitrogens is 1. The third-order valence-corrected chi connectivity index (χ3v) is 4.08. The van der Waals surface area contributed by atoms with Crippen molar-refractivity contribution in [3.8, 4) is 5.88 Å². The minimum Gasteiger partial charge on any atom is -0.476 e. The summed E-state index contributed by atoms with van der Waals surface area (Å²) in [6, 6.07) is 3.83. The van der Waals surface area contributed by atoms with Gasteiger partial charge >= 0.3 is 0 Å². The molecule has 3 N–H and O–H groups in total. The van der Waals surface area contributed by atoms with Crippen molar-refractivity contribution in [3.05, 3.63) is 23.9 Å². The smallest absolute Gasteiger partial charge is 0.213 e. The number of morpholine rings is 1. The van der Waals surface area contributed by atoms with E-state index < -0.39 is 0 Å². The van der Waals surface area contributed by atoms with Crippen LogP contribution in [0.15, 0.2) is 23.3 Å². The maximum atomic E-state index is 5.95. The fourth-order valence-corrected chi connectivity index (χ4v) is 2.54. The maximum absolute atomic E-state index is 5.95. The second-order valence-electron chi connectivity index (χ2n) is 6.59. The SMILES string of the molecule is CN(C)CCOc1cc(CN=C(N)NCCCN2CCOCC2)ccn1. The van der Waals surface area contributed by atoms with E-state index in [1.165, 1.54) is 0 Å². The molecular formula is C18H32N6O2. The summed E-state index contributed by atoms with van der Waals surface area (Å²) in [4.78, 5) is 13.1. The molecule has 0 radical (unpaired) electrons. The number of nitrogens with zero attached hydrogens (tertiary/aromatic N) is 4. The molecule has 1 aromatic heterocycles. The van der Waals surface area contributed by atoms with Crippen molar-refractivity contribution in [2.24, 2.45) is 10.7 Å². The lowest BCUT2D eigenvalue weighted by molar-refractivity contribution is 0.0376. The van der Waals surface area contributed by atoms with Gasteiger partial charge in [-0.25, -0.2) is 9.98 Å². The lowest BCUT2D eigenvalue weighted by atomic mass is 10.3. The zero-order valence-corrected chi connectivity index (χ0v) is 16.0. The van der Waals surface area contributed by atoms with Crippen molar-refractivity contribution >= 4 is 5.96 Å². The molecule has 1 fully saturated rings. The molecule has 1 aliphatic heterocycles. The molecule has 8 nitrogen and oxygen atoms in total. The van der Waals surface area contributed by atoms with E-state index in [9.17, 15) is 0 Å². The van der Waals surface area contributed by atoms with Crippen LogP contribution < -0.4 is 15.8 Å². The van der Waals surface area contributed by atoms with Gasteiger partial charge in [-0.05, 0) is 38.7 Å². The number of ether oxygens (including phenoxy) is 2. The first-order chi connectivity index (χ1) is 12.6. The topological polar surface area (TPSA) is 88.2 Å². The fourth-order valence-electron chi connectivity index (χ4n) is 2.54. The van der Waals surface area contributed by atoms with Crippen LogP contribution in [0.2, 0.25) is 0 Å². The standard InChI is InChI=1S/C18H32N6O2/c1-23(2)8-13-26-17-14-16(4-6-20-17)15-22-18(19)21-5-3-7-24-9-11-25-12-10-24/h4,6,14H,3,5,7-13,15H2,1-2H3,(H3,19,21,22). The number of aliphatic imine (C=N–C) groups is 1. The Kier molecular flexibility index (Phi) is 9.16. The number of hydrogen-bond donors (Lipinski definition) is 2. The van der Waals surface area contributed by atoms with Gasteiger partial charge in [0.1, 0.15) is 6.61 Å². The first-order valence-corrected chi connectivity index (χ1v) is 9.20. The largest absolute Gasteiger partial charge is 0.476 e. The highest BCUT2D eigenvalue weighted by molar-refractivity contribution is 5.77. The molecule has 0 spiro atoms. The zero-order chi connectivity index (χ0) is 18.6. The number of likely N-dealkylation sites (N-methyl/N-ethyl adjacent to an activating group) is 1. The average molecular weight is 364 g/mol. The number of hydrogen-bond acceptors (Lipinski definition) is 6. The van der Waals surface area contributed by atoms with Crippen LogP contribution in [-0.4, -0.2) is 87.4 Å². The highest BCUT2D eigenvalue weighted by Crippen LogP contribution is 2.10. The van der Waals surface area contributed by atoms with E-state index in [0.29, 0.717) is 25.0 Å². The number of rotatable bonds is 10. The minimum atomic E-state index is 0.471. The maximum Gasteiger partial charge on any atom is 0.213 e. The normalized spacial score (nSPS) is 16.0. The van der Waals surface area contributed by atoms with Gasteiger partial charge in [0.05, 0.1) is 19.8 Å². The molecule has 8 heteroatoms. The van der Waals surface area contributed by atoms with Crippen LogP contribution in [0.4, 0.5) is 0 Å². The van der Waals surface area contributed by atoms with Gasteiger partial charge in [-0.15, -0.1) is 0 Å². The van der Waals surface area contributed by atoms with E-state index in [1.54, 1.807) is 6.20 Å². The highest BCUT2D eigenvalue weighted by Gasteiger charge is 2.09. The highest BCUT2D eigenvalue weighted by atomic mass is 16.5. The Balaban J connectivity index is 1.65. The summed E-state index contributed by atoms with van der Waals surface area (Å²) in [7, 11) is 4.03. The molecule has 0 atom stereocenters. The van der Waals surface area contributed by atoms with Gasteiger partial charge < -0.3 is 25.4 Å². The molecule has 26 heavy (non-hydrogen) atoms. The van der Waals surface area contributed by atoms with Gasteiger partial charge in [0.2, 0.25) is 5.88 Å². The van der Waals surface area contributed by atoms with Crippen LogP contribution in [-0.2, 0) is 11.3 Å². The van der Waals surface area contributed by atoms with Gasteiger partial charge in [0.15, 0.2) is 5.96 Å². The number of nitrogens with two attached hydrogens (primary N) is 1. The Bertz CT molecular complexity index is 546. The Hall–Kier alpha value is -1.90. The van der Waals surface area contributed by atoms with Crippen molar-refractivity contribution < 1.29 is 9.47 Å². The van der Waals surface area contributed by atoms with Crippen LogP contribution in [0.5, 0.6) is 5.88 Å². The average Bonchev–Trinajstić information content (AvgIpc) is 2.64. The molecule has 0 saturated carbocycles. The molecular weight excluding hydrogens is 332 g/mol. The lowest BCUT2D eigenvalue weighted by Gasteiger charge is -2.26. The van der Waals surface area contributed by atoms with Crippen molar-refractivity contribution in [2.75, 3.05) is 66.6 Å². The molecule has 0 bridgehead atoms. The van der Waals surface area contributed by atoms with Gasteiger partial charge in [-0.1, -0.05) is 0 Å². The molecule has 146 valence electrons. The molecule has 2 heterocycles. The van der Waals surface area contributed by atoms with E-state index in [2.05, 4.69) is 25.1 Å². The molecule has 1 saturated heterocycles. The molecule has 2 rings (SSSR count). The predicted molar refractivity (Wildman–Crippen MR) is 103 cm³/mol. The minimum absolute atomic E-state index is 0.471. The summed E-state index contributed by atoms with van der Waals surface area (Å²) in [6.45, 7) is 7.56. The zero-order valence-electron chi connectivity index (χ0n) is 16.0. The quantitative estimate of drug-likeness (QED) is 0.347. The van der Waals surface area contributed by atoms with Gasteiger partial charge in [-0.3, -0.25) is 4.90 Å². The van der Waals surface area contributed by atoms with Crippen molar-refractivity contribution in [1.29, 1.82) is 0 Å². The molecule has 0 amide bonds. The first kappa shape index (κ1) is 20.4. The van der Waals surface area contributed by atoms with E-state index in [4.69, 9.17) is 15.2 Å². The third kappa shape index (κ3) is 8.46. The number of pyridine rings is 1. The summed E-state index contributed by atoms with van der Waals surface area (Å²) in [5.41, 5.74) is 6.97. The summed E-state index contributed by atoms with van der Waals surface area (Å²) in [5.74, 6) is 1.09. The van der Waals surface area contributed by atoms with E-state index >= 15 is 0 Å². The van der Waals surface area contributed by atoms with Gasteiger partial charge in [0, 0.05) is 38.4 Å².